The van der Waals surface area contributed by atoms with Crippen molar-refractivity contribution in [1.82, 2.24) is 10.2 Å². The molecule has 0 aliphatic heterocycles. The molecule has 0 bridgehead atoms. The lowest BCUT2D eigenvalue weighted by atomic mass is 10.2. The van der Waals surface area contributed by atoms with Crippen LogP contribution in [0.1, 0.15) is 36.3 Å². The summed E-state index contributed by atoms with van der Waals surface area (Å²) in [7, 11) is 0. The number of rotatable bonds is 5. The molecule has 0 aliphatic rings. The van der Waals surface area contributed by atoms with E-state index < -0.39 is 5.91 Å². The highest BCUT2D eigenvalue weighted by Crippen LogP contribution is 2.14. The standard InChI is InChI=1S/C16H17N5O/c1-3-11(2)18-15-9-8-14(20-21-15)16(22)19-13-7-5-4-6-12(13)10-17/h4-9,11H,3H2,1-2H3,(H,18,21)(H,19,22). The summed E-state index contributed by atoms with van der Waals surface area (Å²) in [5.41, 5.74) is 1.06. The Balaban J connectivity index is 2.09. The SMILES string of the molecule is CCC(C)Nc1ccc(C(=O)Nc2ccccc2C#N)nn1. The quantitative estimate of drug-likeness (QED) is 0.885. The Morgan fingerprint density at radius 2 is 2.05 bits per heavy atom. The molecule has 1 heterocycles. The van der Waals surface area contributed by atoms with Gasteiger partial charge in [-0.05, 0) is 37.6 Å². The maximum absolute atomic E-state index is 12.1. The number of nitrogens with zero attached hydrogens (tertiary/aromatic N) is 3. The number of benzene rings is 1. The monoisotopic (exact) mass is 295 g/mol. The first-order valence-electron chi connectivity index (χ1n) is 7.04. The number of carbonyl (C=O) groups is 1. The van der Waals surface area contributed by atoms with Crippen molar-refractivity contribution in [3.05, 3.63) is 47.7 Å². The molecule has 1 aromatic heterocycles. The zero-order valence-electron chi connectivity index (χ0n) is 12.5. The van der Waals surface area contributed by atoms with Crippen LogP contribution in [0.15, 0.2) is 36.4 Å². The molecule has 0 radical (unpaired) electrons. The minimum atomic E-state index is -0.398. The molecule has 6 heteroatoms. The largest absolute Gasteiger partial charge is 0.366 e. The molecule has 0 saturated heterocycles. The summed E-state index contributed by atoms with van der Waals surface area (Å²) in [5, 5.41) is 22.7. The highest BCUT2D eigenvalue weighted by atomic mass is 16.1. The van der Waals surface area contributed by atoms with Crippen LogP contribution in [-0.2, 0) is 0 Å². The maximum atomic E-state index is 12.1. The van der Waals surface area contributed by atoms with Crippen LogP contribution in [0.25, 0.3) is 0 Å². The molecule has 0 spiro atoms. The van der Waals surface area contributed by atoms with Gasteiger partial charge < -0.3 is 10.6 Å². The van der Waals surface area contributed by atoms with Gasteiger partial charge in [-0.25, -0.2) is 0 Å². The summed E-state index contributed by atoms with van der Waals surface area (Å²) in [6.45, 7) is 4.11. The molecule has 0 fully saturated rings. The van der Waals surface area contributed by atoms with Gasteiger partial charge in [0.1, 0.15) is 11.9 Å². The predicted molar refractivity (Wildman–Crippen MR) is 84.5 cm³/mol. The van der Waals surface area contributed by atoms with E-state index in [-0.39, 0.29) is 11.7 Å². The number of amides is 1. The van der Waals surface area contributed by atoms with E-state index >= 15 is 0 Å². The minimum Gasteiger partial charge on any atom is -0.366 e. The fraction of sp³-hybridized carbons (Fsp3) is 0.250. The summed E-state index contributed by atoms with van der Waals surface area (Å²) in [5.74, 6) is 0.230. The van der Waals surface area contributed by atoms with Crippen LogP contribution in [0.3, 0.4) is 0 Å². The molecular formula is C16H17N5O. The molecule has 22 heavy (non-hydrogen) atoms. The van der Waals surface area contributed by atoms with E-state index in [1.807, 2.05) is 13.0 Å². The molecule has 1 unspecified atom stereocenters. The van der Waals surface area contributed by atoms with Crippen LogP contribution in [0.2, 0.25) is 0 Å². The Morgan fingerprint density at radius 3 is 2.68 bits per heavy atom. The molecule has 1 atom stereocenters. The van der Waals surface area contributed by atoms with Gasteiger partial charge in [0.25, 0.3) is 5.91 Å². The van der Waals surface area contributed by atoms with Gasteiger partial charge in [-0.2, -0.15) is 5.26 Å². The molecule has 0 saturated carbocycles. The lowest BCUT2D eigenvalue weighted by Crippen LogP contribution is -2.18. The number of carbonyl (C=O) groups excluding carboxylic acids is 1. The van der Waals surface area contributed by atoms with E-state index in [2.05, 4.69) is 27.8 Å². The fourth-order valence-corrected chi connectivity index (χ4v) is 1.76. The lowest BCUT2D eigenvalue weighted by Gasteiger charge is -2.11. The maximum Gasteiger partial charge on any atom is 0.276 e. The molecular weight excluding hydrogens is 278 g/mol. The van der Waals surface area contributed by atoms with Crippen molar-refractivity contribution in [2.24, 2.45) is 0 Å². The molecule has 1 aromatic carbocycles. The van der Waals surface area contributed by atoms with E-state index in [0.29, 0.717) is 17.1 Å². The first-order chi connectivity index (χ1) is 10.6. The Morgan fingerprint density at radius 1 is 1.27 bits per heavy atom. The average Bonchev–Trinajstić information content (AvgIpc) is 2.55. The summed E-state index contributed by atoms with van der Waals surface area (Å²) < 4.78 is 0. The van der Waals surface area contributed by atoms with Crippen LogP contribution < -0.4 is 10.6 Å². The fourth-order valence-electron chi connectivity index (χ4n) is 1.76. The summed E-state index contributed by atoms with van der Waals surface area (Å²) in [6.07, 6.45) is 0.967. The Labute approximate surface area is 129 Å². The summed E-state index contributed by atoms with van der Waals surface area (Å²) >= 11 is 0. The minimum absolute atomic E-state index is 0.197. The van der Waals surface area contributed by atoms with E-state index in [9.17, 15) is 4.79 Å². The molecule has 6 nitrogen and oxygen atoms in total. The third kappa shape index (κ3) is 3.79. The van der Waals surface area contributed by atoms with Gasteiger partial charge in [0.2, 0.25) is 0 Å². The van der Waals surface area contributed by atoms with Crippen molar-refractivity contribution in [1.29, 1.82) is 5.26 Å². The zero-order chi connectivity index (χ0) is 15.9. The van der Waals surface area contributed by atoms with E-state index in [1.54, 1.807) is 36.4 Å². The molecule has 1 amide bonds. The number of nitrogens with one attached hydrogen (secondary N) is 2. The van der Waals surface area contributed by atoms with Crippen LogP contribution in [-0.4, -0.2) is 22.1 Å². The number of para-hydroxylation sites is 1. The Kier molecular flexibility index (Phi) is 5.04. The number of hydrogen-bond acceptors (Lipinski definition) is 5. The van der Waals surface area contributed by atoms with Gasteiger partial charge in [-0.3, -0.25) is 4.79 Å². The third-order valence-electron chi connectivity index (χ3n) is 3.20. The van der Waals surface area contributed by atoms with Crippen LogP contribution >= 0.6 is 0 Å². The summed E-state index contributed by atoms with van der Waals surface area (Å²) in [4.78, 5) is 12.1. The molecule has 2 N–H and O–H groups in total. The predicted octanol–water partition coefficient (Wildman–Crippen LogP) is 2.81. The number of anilines is 2. The zero-order valence-corrected chi connectivity index (χ0v) is 12.5. The van der Waals surface area contributed by atoms with Crippen molar-refractivity contribution in [3.63, 3.8) is 0 Å². The smallest absolute Gasteiger partial charge is 0.276 e. The Hall–Kier alpha value is -2.94. The number of hydrogen-bond donors (Lipinski definition) is 2. The summed E-state index contributed by atoms with van der Waals surface area (Å²) in [6, 6.07) is 12.4. The van der Waals surface area contributed by atoms with E-state index in [0.717, 1.165) is 6.42 Å². The van der Waals surface area contributed by atoms with Crippen molar-refractivity contribution in [3.8, 4) is 6.07 Å². The van der Waals surface area contributed by atoms with Crippen molar-refractivity contribution in [2.45, 2.75) is 26.3 Å². The van der Waals surface area contributed by atoms with Gasteiger partial charge in [-0.15, -0.1) is 10.2 Å². The van der Waals surface area contributed by atoms with Crippen LogP contribution in [0.4, 0.5) is 11.5 Å². The van der Waals surface area contributed by atoms with Crippen molar-refractivity contribution < 1.29 is 4.79 Å². The van der Waals surface area contributed by atoms with E-state index in [1.165, 1.54) is 0 Å². The second-order valence-electron chi connectivity index (χ2n) is 4.87. The molecule has 112 valence electrons. The van der Waals surface area contributed by atoms with Crippen LogP contribution in [0, 0.1) is 11.3 Å². The topological polar surface area (TPSA) is 90.7 Å². The highest BCUT2D eigenvalue weighted by Gasteiger charge is 2.11. The lowest BCUT2D eigenvalue weighted by molar-refractivity contribution is 0.102. The van der Waals surface area contributed by atoms with Gasteiger partial charge in [0.15, 0.2) is 5.69 Å². The molecule has 2 aromatic rings. The normalized spacial score (nSPS) is 11.3. The van der Waals surface area contributed by atoms with Gasteiger partial charge in [-0.1, -0.05) is 19.1 Å². The number of aromatic nitrogens is 2. The second kappa shape index (κ2) is 7.18. The van der Waals surface area contributed by atoms with Crippen LogP contribution in [0.5, 0.6) is 0 Å². The average molecular weight is 295 g/mol. The second-order valence-corrected chi connectivity index (χ2v) is 4.87. The first kappa shape index (κ1) is 15.4. The third-order valence-corrected chi connectivity index (χ3v) is 3.20. The molecule has 2 rings (SSSR count). The van der Waals surface area contributed by atoms with Gasteiger partial charge in [0.05, 0.1) is 11.3 Å². The van der Waals surface area contributed by atoms with E-state index in [4.69, 9.17) is 5.26 Å². The van der Waals surface area contributed by atoms with Crippen molar-refractivity contribution >= 4 is 17.4 Å². The molecule has 0 aliphatic carbocycles. The van der Waals surface area contributed by atoms with Gasteiger partial charge in [0, 0.05) is 6.04 Å². The highest BCUT2D eigenvalue weighted by molar-refractivity contribution is 6.03. The Bertz CT molecular complexity index is 690. The van der Waals surface area contributed by atoms with Gasteiger partial charge >= 0.3 is 0 Å². The first-order valence-corrected chi connectivity index (χ1v) is 7.04. The van der Waals surface area contributed by atoms with Crippen molar-refractivity contribution in [2.75, 3.05) is 10.6 Å². The number of nitriles is 1.